The van der Waals surface area contributed by atoms with E-state index in [1.165, 1.54) is 4.80 Å². The van der Waals surface area contributed by atoms with Crippen LogP contribution in [0.1, 0.15) is 30.9 Å². The molecule has 0 aliphatic carbocycles. The number of nitrogens with zero attached hydrogens (tertiary/aromatic N) is 5. The molecule has 0 bridgehead atoms. The van der Waals surface area contributed by atoms with Crippen LogP contribution in [0.2, 0.25) is 5.02 Å². The first-order valence-corrected chi connectivity index (χ1v) is 10.8. The summed E-state index contributed by atoms with van der Waals surface area (Å²) in [4.78, 5) is 16.3. The number of halogens is 1. The first kappa shape index (κ1) is 19.8. The Morgan fingerprint density at radius 2 is 1.97 bits per heavy atom. The number of carbonyl (C=O) groups excluding carboxylic acids is 1. The average molecular weight is 440 g/mol. The Balaban J connectivity index is 1.31. The molecule has 0 unspecified atom stereocenters. The van der Waals surface area contributed by atoms with E-state index in [-0.39, 0.29) is 18.5 Å². The SMILES string of the molecule is O=C(Cn1nnc(-c2cccc(Cl)c2)n1)N1CCC[C@@H]1c1ccc2c(c1)OCCCO2. The summed E-state index contributed by atoms with van der Waals surface area (Å²) in [6.07, 6.45) is 2.72. The molecular weight excluding hydrogens is 418 g/mol. The van der Waals surface area contributed by atoms with E-state index in [2.05, 4.69) is 15.4 Å². The second-order valence-corrected chi connectivity index (χ2v) is 8.09. The number of amides is 1. The van der Waals surface area contributed by atoms with Crippen molar-refractivity contribution in [2.24, 2.45) is 0 Å². The van der Waals surface area contributed by atoms with Crippen LogP contribution in [-0.2, 0) is 11.3 Å². The molecule has 0 N–H and O–H groups in total. The molecule has 1 saturated heterocycles. The van der Waals surface area contributed by atoms with E-state index < -0.39 is 0 Å². The molecule has 31 heavy (non-hydrogen) atoms. The molecule has 3 aromatic rings. The van der Waals surface area contributed by atoms with Crippen LogP contribution in [0.3, 0.4) is 0 Å². The lowest BCUT2D eigenvalue weighted by Crippen LogP contribution is -2.34. The minimum absolute atomic E-state index is 0.000532. The van der Waals surface area contributed by atoms with Gasteiger partial charge in [0, 0.05) is 23.6 Å². The van der Waals surface area contributed by atoms with E-state index in [1.54, 1.807) is 12.1 Å². The third-order valence-electron chi connectivity index (χ3n) is 5.54. The van der Waals surface area contributed by atoms with Gasteiger partial charge in [-0.2, -0.15) is 4.80 Å². The molecule has 2 aromatic carbocycles. The van der Waals surface area contributed by atoms with E-state index in [9.17, 15) is 4.79 Å². The van der Waals surface area contributed by atoms with Gasteiger partial charge in [0.05, 0.1) is 19.3 Å². The van der Waals surface area contributed by atoms with Crippen molar-refractivity contribution in [2.45, 2.75) is 31.8 Å². The molecule has 0 spiro atoms. The average Bonchev–Trinajstić information content (AvgIpc) is 3.38. The zero-order chi connectivity index (χ0) is 21.2. The summed E-state index contributed by atoms with van der Waals surface area (Å²) in [5, 5.41) is 13.1. The molecule has 5 rings (SSSR count). The van der Waals surface area contributed by atoms with Crippen molar-refractivity contribution in [2.75, 3.05) is 19.8 Å². The molecule has 1 amide bonds. The van der Waals surface area contributed by atoms with Gasteiger partial charge in [0.25, 0.3) is 0 Å². The summed E-state index contributed by atoms with van der Waals surface area (Å²) >= 11 is 6.04. The van der Waals surface area contributed by atoms with Gasteiger partial charge in [-0.25, -0.2) is 0 Å². The topological polar surface area (TPSA) is 82.4 Å². The Kier molecular flexibility index (Phi) is 5.46. The maximum absolute atomic E-state index is 13.1. The summed E-state index contributed by atoms with van der Waals surface area (Å²) in [5.41, 5.74) is 1.82. The number of rotatable bonds is 4. The number of hydrogen-bond donors (Lipinski definition) is 0. The van der Waals surface area contributed by atoms with E-state index >= 15 is 0 Å². The molecule has 0 saturated carbocycles. The van der Waals surface area contributed by atoms with Gasteiger partial charge >= 0.3 is 0 Å². The third-order valence-corrected chi connectivity index (χ3v) is 5.78. The number of aromatic nitrogens is 4. The van der Waals surface area contributed by atoms with Crippen molar-refractivity contribution >= 4 is 17.5 Å². The Hall–Kier alpha value is -3.13. The lowest BCUT2D eigenvalue weighted by molar-refractivity contribution is -0.133. The fourth-order valence-electron chi connectivity index (χ4n) is 4.06. The molecule has 1 atom stereocenters. The standard InChI is InChI=1S/C22H22ClN5O3/c23-17-5-1-4-16(12-17)22-24-26-28(25-22)14-21(29)27-9-2-6-18(27)15-7-8-19-20(13-15)31-11-3-10-30-19/h1,4-5,7-8,12-13,18H,2-3,6,9-11,14H2/t18-/m1/s1. The fraction of sp³-hybridized carbons (Fsp3) is 0.364. The van der Waals surface area contributed by atoms with Crippen LogP contribution in [0.25, 0.3) is 11.4 Å². The molecule has 2 aliphatic heterocycles. The van der Waals surface area contributed by atoms with Gasteiger partial charge in [-0.15, -0.1) is 10.2 Å². The molecule has 3 heterocycles. The molecule has 1 fully saturated rings. The van der Waals surface area contributed by atoms with Crippen LogP contribution >= 0.6 is 11.6 Å². The zero-order valence-corrected chi connectivity index (χ0v) is 17.7. The second-order valence-electron chi connectivity index (χ2n) is 7.66. The Labute approximate surface area is 184 Å². The minimum Gasteiger partial charge on any atom is -0.490 e. The molecular formula is C22H22ClN5O3. The smallest absolute Gasteiger partial charge is 0.246 e. The van der Waals surface area contributed by atoms with Crippen molar-refractivity contribution < 1.29 is 14.3 Å². The molecule has 9 heteroatoms. The summed E-state index contributed by atoms with van der Waals surface area (Å²) in [5.74, 6) is 1.91. The first-order valence-electron chi connectivity index (χ1n) is 10.4. The van der Waals surface area contributed by atoms with E-state index in [1.807, 2.05) is 35.2 Å². The largest absolute Gasteiger partial charge is 0.490 e. The van der Waals surface area contributed by atoms with Gasteiger partial charge in [-0.1, -0.05) is 29.8 Å². The van der Waals surface area contributed by atoms with Crippen LogP contribution in [0.5, 0.6) is 11.5 Å². The van der Waals surface area contributed by atoms with Gasteiger partial charge in [0.15, 0.2) is 11.5 Å². The predicted octanol–water partition coefficient (Wildman–Crippen LogP) is 3.52. The second kappa shape index (κ2) is 8.55. The van der Waals surface area contributed by atoms with Gasteiger partial charge < -0.3 is 14.4 Å². The Morgan fingerprint density at radius 3 is 2.84 bits per heavy atom. The van der Waals surface area contributed by atoms with E-state index in [4.69, 9.17) is 21.1 Å². The fourth-order valence-corrected chi connectivity index (χ4v) is 4.25. The number of ether oxygens (including phenoxy) is 2. The van der Waals surface area contributed by atoms with Crippen molar-refractivity contribution in [1.82, 2.24) is 25.1 Å². The highest BCUT2D eigenvalue weighted by Gasteiger charge is 2.31. The lowest BCUT2D eigenvalue weighted by Gasteiger charge is -2.25. The zero-order valence-electron chi connectivity index (χ0n) is 16.9. The van der Waals surface area contributed by atoms with Gasteiger partial charge in [0.1, 0.15) is 6.54 Å². The van der Waals surface area contributed by atoms with E-state index in [0.29, 0.717) is 30.6 Å². The first-order chi connectivity index (χ1) is 15.2. The van der Waals surface area contributed by atoms with Gasteiger partial charge in [-0.05, 0) is 47.9 Å². The Morgan fingerprint density at radius 1 is 1.10 bits per heavy atom. The molecule has 160 valence electrons. The van der Waals surface area contributed by atoms with Crippen molar-refractivity contribution in [3.63, 3.8) is 0 Å². The van der Waals surface area contributed by atoms with Gasteiger partial charge in [0.2, 0.25) is 11.7 Å². The summed E-state index contributed by atoms with van der Waals surface area (Å²) < 4.78 is 11.5. The number of fused-ring (bicyclic) bond motifs is 1. The molecule has 0 radical (unpaired) electrons. The van der Waals surface area contributed by atoms with Crippen molar-refractivity contribution in [3.8, 4) is 22.9 Å². The summed E-state index contributed by atoms with van der Waals surface area (Å²) in [7, 11) is 0. The molecule has 1 aromatic heterocycles. The van der Waals surface area contributed by atoms with Crippen LogP contribution < -0.4 is 9.47 Å². The quantitative estimate of drug-likeness (QED) is 0.618. The number of benzene rings is 2. The van der Waals surface area contributed by atoms with Crippen LogP contribution in [0.4, 0.5) is 0 Å². The van der Waals surface area contributed by atoms with Gasteiger partial charge in [-0.3, -0.25) is 4.79 Å². The third kappa shape index (κ3) is 4.20. The van der Waals surface area contributed by atoms with Crippen LogP contribution in [-0.4, -0.2) is 50.8 Å². The molecule has 2 aliphatic rings. The normalized spacial score (nSPS) is 18.1. The minimum atomic E-state index is -0.0374. The summed E-state index contributed by atoms with van der Waals surface area (Å²) in [6.45, 7) is 2.03. The van der Waals surface area contributed by atoms with Crippen LogP contribution in [0, 0.1) is 0 Å². The lowest BCUT2D eigenvalue weighted by atomic mass is 10.0. The van der Waals surface area contributed by atoms with Crippen molar-refractivity contribution in [1.29, 1.82) is 0 Å². The number of likely N-dealkylation sites (tertiary alicyclic amines) is 1. The maximum Gasteiger partial charge on any atom is 0.246 e. The highest BCUT2D eigenvalue weighted by Crippen LogP contribution is 2.38. The monoisotopic (exact) mass is 439 g/mol. The number of hydrogen-bond acceptors (Lipinski definition) is 6. The highest BCUT2D eigenvalue weighted by molar-refractivity contribution is 6.30. The summed E-state index contributed by atoms with van der Waals surface area (Å²) in [6, 6.07) is 13.2. The highest BCUT2D eigenvalue weighted by atomic mass is 35.5. The van der Waals surface area contributed by atoms with E-state index in [0.717, 1.165) is 41.9 Å². The predicted molar refractivity (Wildman–Crippen MR) is 114 cm³/mol. The maximum atomic E-state index is 13.1. The number of tetrazole rings is 1. The number of carbonyl (C=O) groups is 1. The Bertz CT molecular complexity index is 1100. The molecule has 8 nitrogen and oxygen atoms in total. The van der Waals surface area contributed by atoms with Crippen molar-refractivity contribution in [3.05, 3.63) is 53.1 Å². The van der Waals surface area contributed by atoms with Crippen LogP contribution in [0.15, 0.2) is 42.5 Å².